The summed E-state index contributed by atoms with van der Waals surface area (Å²) in [6.07, 6.45) is 6.85. The Hall–Kier alpha value is -0.410. The maximum Gasteiger partial charge on any atom is 0.136 e. The molecule has 18 heavy (non-hydrogen) atoms. The first-order valence-electron chi connectivity index (χ1n) is 7.36. The topological polar surface area (TPSA) is 29.5 Å². The van der Waals surface area contributed by atoms with Crippen LogP contribution in [0.4, 0.5) is 0 Å². The van der Waals surface area contributed by atoms with Crippen LogP contribution in [0.15, 0.2) is 0 Å². The fourth-order valence-corrected chi connectivity index (χ4v) is 4.49. The van der Waals surface area contributed by atoms with Gasteiger partial charge in [-0.05, 0) is 19.3 Å². The zero-order valence-corrected chi connectivity index (χ0v) is 11.8. The van der Waals surface area contributed by atoms with Crippen molar-refractivity contribution in [3.63, 3.8) is 0 Å². The molecule has 102 valence electrons. The summed E-state index contributed by atoms with van der Waals surface area (Å²) in [6.45, 7) is 4.64. The lowest BCUT2D eigenvalue weighted by Crippen LogP contribution is -2.68. The molecular formula is C15H25NO2. The third-order valence-electron chi connectivity index (χ3n) is 5.61. The Morgan fingerprint density at radius 1 is 1.22 bits per heavy atom. The first-order valence-corrected chi connectivity index (χ1v) is 7.36. The van der Waals surface area contributed by atoms with E-state index in [1.54, 1.807) is 0 Å². The standard InChI is InChI=1S/C15H25NO2/c1-15(2)13(9-14(15)18-3)16-10-5-4-6-11(16)8-12(17)7-10/h10-11,13-14H,4-9H2,1-3H3. The lowest BCUT2D eigenvalue weighted by Gasteiger charge is -2.61. The predicted molar refractivity (Wildman–Crippen MR) is 70.5 cm³/mol. The summed E-state index contributed by atoms with van der Waals surface area (Å²) in [6, 6.07) is 1.66. The molecule has 2 aliphatic heterocycles. The molecule has 1 aliphatic carbocycles. The lowest BCUT2D eigenvalue weighted by atomic mass is 9.62. The zero-order valence-electron chi connectivity index (χ0n) is 11.8. The third kappa shape index (κ3) is 1.75. The van der Waals surface area contributed by atoms with Crippen molar-refractivity contribution in [1.82, 2.24) is 4.90 Å². The Morgan fingerprint density at radius 3 is 2.33 bits per heavy atom. The number of fused-ring (bicyclic) bond motifs is 2. The summed E-state index contributed by atoms with van der Waals surface area (Å²) in [5.41, 5.74) is 0.239. The smallest absolute Gasteiger partial charge is 0.136 e. The monoisotopic (exact) mass is 251 g/mol. The molecule has 4 unspecified atom stereocenters. The first-order chi connectivity index (χ1) is 8.54. The minimum atomic E-state index is 0.239. The number of ether oxygens (including phenoxy) is 1. The second kappa shape index (κ2) is 4.31. The highest BCUT2D eigenvalue weighted by molar-refractivity contribution is 5.80. The fourth-order valence-electron chi connectivity index (χ4n) is 4.49. The Kier molecular flexibility index (Phi) is 3.02. The van der Waals surface area contributed by atoms with Crippen LogP contribution in [0.25, 0.3) is 0 Å². The first kappa shape index (κ1) is 12.6. The number of Topliss-reactive ketones (excluding diaryl/α,β-unsaturated/α-hetero) is 1. The van der Waals surface area contributed by atoms with E-state index in [1.807, 2.05) is 7.11 Å². The van der Waals surface area contributed by atoms with Gasteiger partial charge >= 0.3 is 0 Å². The molecule has 3 nitrogen and oxygen atoms in total. The Bertz CT molecular complexity index is 336. The predicted octanol–water partition coefficient (Wildman–Crippen LogP) is 2.39. The highest BCUT2D eigenvalue weighted by atomic mass is 16.5. The van der Waals surface area contributed by atoms with Crippen LogP contribution >= 0.6 is 0 Å². The molecule has 3 aliphatic rings. The van der Waals surface area contributed by atoms with Crippen LogP contribution in [-0.2, 0) is 9.53 Å². The van der Waals surface area contributed by atoms with Crippen LogP contribution in [0.2, 0.25) is 0 Å². The van der Waals surface area contributed by atoms with Crippen molar-refractivity contribution in [2.45, 2.75) is 76.6 Å². The molecule has 0 N–H and O–H groups in total. The quantitative estimate of drug-likeness (QED) is 0.754. The van der Waals surface area contributed by atoms with Crippen LogP contribution in [-0.4, -0.2) is 42.0 Å². The minimum Gasteiger partial charge on any atom is -0.381 e. The van der Waals surface area contributed by atoms with E-state index in [0.717, 1.165) is 19.3 Å². The van der Waals surface area contributed by atoms with E-state index in [9.17, 15) is 4.79 Å². The van der Waals surface area contributed by atoms with Gasteiger partial charge in [0.2, 0.25) is 0 Å². The number of rotatable bonds is 2. The maximum absolute atomic E-state index is 11.8. The van der Waals surface area contributed by atoms with Gasteiger partial charge in [0.25, 0.3) is 0 Å². The second-order valence-electron chi connectivity index (χ2n) is 6.93. The molecule has 0 amide bonds. The highest BCUT2D eigenvalue weighted by Gasteiger charge is 2.55. The molecule has 2 heterocycles. The number of nitrogens with zero attached hydrogens (tertiary/aromatic N) is 1. The number of hydrogen-bond acceptors (Lipinski definition) is 3. The van der Waals surface area contributed by atoms with Gasteiger partial charge in [0.1, 0.15) is 5.78 Å². The Labute approximate surface area is 110 Å². The number of piperidine rings is 2. The summed E-state index contributed by atoms with van der Waals surface area (Å²) in [5, 5.41) is 0. The van der Waals surface area contributed by atoms with Gasteiger partial charge in [-0.1, -0.05) is 20.3 Å². The van der Waals surface area contributed by atoms with Crippen molar-refractivity contribution in [2.75, 3.05) is 7.11 Å². The Balaban J connectivity index is 1.78. The van der Waals surface area contributed by atoms with Gasteiger partial charge in [-0.25, -0.2) is 0 Å². The van der Waals surface area contributed by atoms with E-state index in [-0.39, 0.29) is 5.41 Å². The van der Waals surface area contributed by atoms with Crippen molar-refractivity contribution < 1.29 is 9.53 Å². The fraction of sp³-hybridized carbons (Fsp3) is 0.933. The largest absolute Gasteiger partial charge is 0.381 e. The van der Waals surface area contributed by atoms with Crippen LogP contribution in [0.3, 0.4) is 0 Å². The summed E-state index contributed by atoms with van der Waals surface area (Å²) in [5.74, 6) is 0.487. The van der Waals surface area contributed by atoms with Gasteiger partial charge < -0.3 is 4.74 Å². The molecule has 0 aromatic carbocycles. The molecule has 4 atom stereocenters. The molecule has 3 heteroatoms. The van der Waals surface area contributed by atoms with Crippen molar-refractivity contribution in [1.29, 1.82) is 0 Å². The zero-order chi connectivity index (χ0) is 12.9. The van der Waals surface area contributed by atoms with Gasteiger partial charge in [-0.3, -0.25) is 9.69 Å². The van der Waals surface area contributed by atoms with Crippen LogP contribution in [0.5, 0.6) is 0 Å². The number of ketones is 1. The normalized spacial score (nSPS) is 43.6. The number of methoxy groups -OCH3 is 1. The van der Waals surface area contributed by atoms with Crippen LogP contribution in [0.1, 0.15) is 52.4 Å². The third-order valence-corrected chi connectivity index (χ3v) is 5.61. The molecule has 2 saturated heterocycles. The number of carbonyl (C=O) groups excluding carboxylic acids is 1. The summed E-state index contributed by atoms with van der Waals surface area (Å²) >= 11 is 0. The summed E-state index contributed by atoms with van der Waals surface area (Å²) in [4.78, 5) is 14.5. The molecule has 1 saturated carbocycles. The van der Waals surface area contributed by atoms with Gasteiger partial charge in [-0.15, -0.1) is 0 Å². The molecular weight excluding hydrogens is 226 g/mol. The SMILES string of the molecule is COC1CC(N2C3CCCC2CC(=O)C3)C1(C)C. The summed E-state index contributed by atoms with van der Waals surface area (Å²) < 4.78 is 5.57. The van der Waals surface area contributed by atoms with E-state index < -0.39 is 0 Å². The average Bonchev–Trinajstić information content (AvgIpc) is 2.29. The molecule has 0 aromatic heterocycles. The van der Waals surface area contributed by atoms with E-state index >= 15 is 0 Å². The van der Waals surface area contributed by atoms with E-state index in [0.29, 0.717) is 30.0 Å². The number of hydrogen-bond donors (Lipinski definition) is 0. The molecule has 0 spiro atoms. The summed E-state index contributed by atoms with van der Waals surface area (Å²) in [7, 11) is 1.82. The van der Waals surface area contributed by atoms with E-state index in [2.05, 4.69) is 18.7 Å². The molecule has 0 aromatic rings. The van der Waals surface area contributed by atoms with Crippen molar-refractivity contribution in [2.24, 2.45) is 5.41 Å². The van der Waals surface area contributed by atoms with Crippen LogP contribution in [0, 0.1) is 5.41 Å². The van der Waals surface area contributed by atoms with Crippen LogP contribution < -0.4 is 0 Å². The number of carbonyl (C=O) groups is 1. The Morgan fingerprint density at radius 2 is 1.83 bits per heavy atom. The van der Waals surface area contributed by atoms with Crippen molar-refractivity contribution in [3.05, 3.63) is 0 Å². The van der Waals surface area contributed by atoms with Crippen molar-refractivity contribution in [3.8, 4) is 0 Å². The molecule has 2 bridgehead atoms. The molecule has 0 radical (unpaired) electrons. The maximum atomic E-state index is 11.8. The van der Waals surface area contributed by atoms with E-state index in [4.69, 9.17) is 4.74 Å². The minimum absolute atomic E-state index is 0.239. The second-order valence-corrected chi connectivity index (χ2v) is 6.93. The van der Waals surface area contributed by atoms with Gasteiger partial charge in [-0.2, -0.15) is 0 Å². The molecule has 3 fully saturated rings. The van der Waals surface area contributed by atoms with Gasteiger partial charge in [0.05, 0.1) is 6.10 Å². The van der Waals surface area contributed by atoms with Gasteiger partial charge in [0, 0.05) is 43.5 Å². The van der Waals surface area contributed by atoms with Crippen molar-refractivity contribution >= 4 is 5.78 Å². The van der Waals surface area contributed by atoms with Gasteiger partial charge in [0.15, 0.2) is 0 Å². The lowest BCUT2D eigenvalue weighted by molar-refractivity contribution is -0.174. The molecule has 3 rings (SSSR count). The van der Waals surface area contributed by atoms with E-state index in [1.165, 1.54) is 19.3 Å². The highest BCUT2D eigenvalue weighted by Crippen LogP contribution is 2.50. The average molecular weight is 251 g/mol.